The Morgan fingerprint density at radius 2 is 1.42 bits per heavy atom. The highest BCUT2D eigenvalue weighted by Gasteiger charge is 2.45. The van der Waals surface area contributed by atoms with Gasteiger partial charge in [0, 0.05) is 48.3 Å². The molecule has 30 heteroatoms. The Balaban J connectivity index is 1.29. The van der Waals surface area contributed by atoms with Crippen LogP contribution in [0.25, 0.3) is 10.9 Å². The Morgan fingerprint density at radius 1 is 0.756 bits per heavy atom. The smallest absolute Gasteiger partial charge is 0.408 e. The van der Waals surface area contributed by atoms with Crippen molar-refractivity contribution in [2.45, 2.75) is 167 Å². The summed E-state index contributed by atoms with van der Waals surface area (Å²) in [6, 6.07) is 2.01. The number of aromatic nitrogens is 1. The molecule has 492 valence electrons. The maximum Gasteiger partial charge on any atom is 0.408 e. The first-order valence-electron chi connectivity index (χ1n) is 29.9. The Hall–Kier alpha value is -8.35. The number of fused-ring (bicyclic) bond motifs is 5. The van der Waals surface area contributed by atoms with Crippen LogP contribution < -0.4 is 58.6 Å². The van der Waals surface area contributed by atoms with Gasteiger partial charge in [-0.1, -0.05) is 78.3 Å². The van der Waals surface area contributed by atoms with Crippen LogP contribution in [0.5, 0.6) is 0 Å². The minimum atomic E-state index is -1.84. The normalized spacial score (nSPS) is 23.5. The molecular formula is C60H85N13O16S. The summed E-state index contributed by atoms with van der Waals surface area (Å²) in [5.74, 6) is -11.9. The zero-order valence-electron chi connectivity index (χ0n) is 52.2. The van der Waals surface area contributed by atoms with Gasteiger partial charge >= 0.3 is 6.09 Å². The van der Waals surface area contributed by atoms with E-state index in [1.807, 2.05) is 0 Å². The van der Waals surface area contributed by atoms with Gasteiger partial charge in [-0.25, -0.2) is 10.3 Å². The summed E-state index contributed by atoms with van der Waals surface area (Å²) < 4.78 is 5.29. The van der Waals surface area contributed by atoms with Crippen molar-refractivity contribution in [3.8, 4) is 0 Å². The molecule has 14 N–H and O–H groups in total. The van der Waals surface area contributed by atoms with E-state index >= 15 is 0 Å². The number of thioether (sulfide) groups is 1. The van der Waals surface area contributed by atoms with E-state index in [4.69, 9.17) is 9.57 Å². The van der Waals surface area contributed by atoms with Crippen LogP contribution >= 0.6 is 11.8 Å². The number of carbonyl (C=O) groups is 12. The summed E-state index contributed by atoms with van der Waals surface area (Å²) >= 11 is 1.02. The third kappa shape index (κ3) is 19.6. The van der Waals surface area contributed by atoms with Gasteiger partial charge in [-0.15, -0.1) is 11.8 Å². The molecule has 1 saturated heterocycles. The molecule has 2 bridgehead atoms. The first kappa shape index (κ1) is 70.7. The number of ether oxygens (including phenoxy) is 1. The number of rotatable bonds is 16. The maximum atomic E-state index is 15.0. The number of aliphatic hydroxyl groups is 2. The highest BCUT2D eigenvalue weighted by molar-refractivity contribution is 7.99. The lowest BCUT2D eigenvalue weighted by atomic mass is 9.88. The van der Waals surface area contributed by atoms with E-state index in [1.54, 1.807) is 98.7 Å². The number of alkyl carbamates (subject to hydrolysis) is 1. The number of benzene rings is 2. The van der Waals surface area contributed by atoms with Crippen molar-refractivity contribution in [2.75, 3.05) is 37.3 Å². The number of para-hydroxylation sites is 1. The SMILES string of the molecule is CC[C@H](C)[C@@H]1NC(=O)CNC(=O)C2Cc3c([nH]c4ccccc34)SCC(NC(=O)CNC1=O)C(=O)N[C@@H](CC(=O)NOCc1ccc(NC(=O)[C@H](C)NC(=O)C(NC(=O)OC(C)(C)C)C(C)C)cc1)C(=O)N1C[C@H](O)C[C@H]1C(=O)N[C@@H]([C@@H](C)[C@@H](C)CO)C(=O)N2. The van der Waals surface area contributed by atoms with E-state index in [-0.39, 0.29) is 31.1 Å². The quantitative estimate of drug-likeness (QED) is 0.0796. The number of hydrogen-bond donors (Lipinski definition) is 14. The number of amides is 12. The standard InChI is InChI=1S/C60H85N13O16S/c1-11-30(4)48-54(83)62-23-45(77)65-42-28-90-57-38(37-14-12-13-15-39(37)68-57)21-40(51(80)61-24-46(78)69-48)66-56(85)49(32(6)31(5)26-74)70-53(82)43-20-36(75)25-73(43)58(86)41(67-52(42)81)22-44(76)72-88-27-34-16-18-35(19-17-34)64-50(79)33(7)63-55(84)47(29(2)3)71-59(87)89-60(8,9)10/h12-19,29-33,36,40-43,47-49,68,74-75H,11,20-28H2,1-10H3,(H,61,80)(H,62,83)(H,63,84)(H,64,79)(H,65,77)(H,66,85)(H,67,81)(H,69,78)(H,70,82)(H,71,87)(H,72,76)/t30-,31-,32-,33-,36+,40?,41-,42?,43-,47?,48-,49-/m0/s1. The van der Waals surface area contributed by atoms with Crippen LogP contribution in [0.15, 0.2) is 53.6 Å². The second kappa shape index (κ2) is 31.9. The van der Waals surface area contributed by atoms with Gasteiger partial charge in [0.05, 0.1) is 37.2 Å². The van der Waals surface area contributed by atoms with E-state index in [2.05, 4.69) is 63.6 Å². The molecule has 0 saturated carbocycles. The van der Waals surface area contributed by atoms with Crippen LogP contribution in [0.2, 0.25) is 0 Å². The lowest BCUT2D eigenvalue weighted by Crippen LogP contribution is -2.61. The average molecular weight is 1280 g/mol. The lowest BCUT2D eigenvalue weighted by molar-refractivity contribution is -0.145. The summed E-state index contributed by atoms with van der Waals surface area (Å²) in [5, 5.41) is 48.6. The van der Waals surface area contributed by atoms with Crippen molar-refractivity contribution in [1.82, 2.24) is 63.2 Å². The van der Waals surface area contributed by atoms with Crippen LogP contribution in [0, 0.1) is 23.7 Å². The van der Waals surface area contributed by atoms with Crippen LogP contribution in [0.4, 0.5) is 10.5 Å². The fourth-order valence-electron chi connectivity index (χ4n) is 10.1. The monoisotopic (exact) mass is 1280 g/mol. The number of hydroxylamine groups is 1. The highest BCUT2D eigenvalue weighted by Crippen LogP contribution is 2.32. The number of H-pyrrole nitrogens is 1. The van der Waals surface area contributed by atoms with Crippen molar-refractivity contribution < 1.29 is 77.3 Å². The van der Waals surface area contributed by atoms with E-state index < -0.39 is 182 Å². The van der Waals surface area contributed by atoms with Crippen LogP contribution in [0.3, 0.4) is 0 Å². The summed E-state index contributed by atoms with van der Waals surface area (Å²) in [6.45, 7) is 14.1. The number of carbonyl (C=O) groups excluding carboxylic acids is 12. The maximum absolute atomic E-state index is 15.0. The fraction of sp³-hybridized carbons (Fsp3) is 0.567. The van der Waals surface area contributed by atoms with Gasteiger partial charge in [0.25, 0.3) is 0 Å². The molecule has 1 fully saturated rings. The zero-order valence-corrected chi connectivity index (χ0v) is 53.0. The summed E-state index contributed by atoms with van der Waals surface area (Å²) in [4.78, 5) is 177. The van der Waals surface area contributed by atoms with E-state index in [9.17, 15) is 67.7 Å². The highest BCUT2D eigenvalue weighted by atomic mass is 32.2. The van der Waals surface area contributed by atoms with Crippen molar-refractivity contribution in [3.63, 3.8) is 0 Å². The molecule has 2 aromatic carbocycles. The summed E-state index contributed by atoms with van der Waals surface area (Å²) in [7, 11) is 0. The van der Waals surface area contributed by atoms with E-state index in [1.165, 1.54) is 19.1 Å². The van der Waals surface area contributed by atoms with Gasteiger partial charge in [-0.2, -0.15) is 0 Å². The number of nitrogens with zero attached hydrogens (tertiary/aromatic N) is 1. The number of hydrogen-bond acceptors (Lipinski definition) is 17. The molecule has 4 heterocycles. The second-order valence-corrected chi connectivity index (χ2v) is 25.3. The third-order valence-corrected chi connectivity index (χ3v) is 16.8. The predicted octanol–water partition coefficient (Wildman–Crippen LogP) is -0.611. The van der Waals surface area contributed by atoms with Gasteiger partial charge in [-0.05, 0) is 80.7 Å². The van der Waals surface area contributed by atoms with Crippen molar-refractivity contribution >= 4 is 99.4 Å². The van der Waals surface area contributed by atoms with Crippen LogP contribution in [-0.2, 0) is 75.3 Å². The molecule has 12 amide bonds. The molecule has 12 atom stereocenters. The van der Waals surface area contributed by atoms with Crippen molar-refractivity contribution in [2.24, 2.45) is 23.7 Å². The summed E-state index contributed by atoms with van der Waals surface area (Å²) in [5.41, 5.74) is 3.28. The molecule has 1 aromatic heterocycles. The Morgan fingerprint density at radius 3 is 2.08 bits per heavy atom. The number of anilines is 1. The number of aromatic amines is 1. The second-order valence-electron chi connectivity index (χ2n) is 24.3. The topological polar surface area (TPSA) is 415 Å². The fourth-order valence-corrected chi connectivity index (χ4v) is 11.2. The van der Waals surface area contributed by atoms with Gasteiger partial charge in [-0.3, -0.25) is 57.6 Å². The van der Waals surface area contributed by atoms with Gasteiger partial charge in [0.1, 0.15) is 53.9 Å². The average Bonchev–Trinajstić information content (AvgIpc) is 1.68. The lowest BCUT2D eigenvalue weighted by Gasteiger charge is -2.33. The Kier molecular flexibility index (Phi) is 25.1. The van der Waals surface area contributed by atoms with Crippen LogP contribution in [0.1, 0.15) is 99.6 Å². The first-order valence-corrected chi connectivity index (χ1v) is 30.9. The molecule has 6 rings (SSSR count). The Labute approximate surface area is 525 Å². The largest absolute Gasteiger partial charge is 0.444 e. The molecule has 90 heavy (non-hydrogen) atoms. The van der Waals surface area contributed by atoms with Crippen molar-refractivity contribution in [1.29, 1.82) is 0 Å². The minimum Gasteiger partial charge on any atom is -0.444 e. The molecule has 3 aromatic rings. The van der Waals surface area contributed by atoms with E-state index in [0.29, 0.717) is 39.2 Å². The molecular weight excluding hydrogens is 1190 g/mol. The molecule has 3 aliphatic heterocycles. The van der Waals surface area contributed by atoms with E-state index in [0.717, 1.165) is 16.7 Å². The molecule has 0 radical (unpaired) electrons. The number of nitrogens with one attached hydrogen (secondary N) is 12. The van der Waals surface area contributed by atoms with Gasteiger partial charge < -0.3 is 78.0 Å². The van der Waals surface area contributed by atoms with Gasteiger partial charge in [0.15, 0.2) is 0 Å². The van der Waals surface area contributed by atoms with Crippen molar-refractivity contribution in [3.05, 3.63) is 59.7 Å². The first-order chi connectivity index (χ1) is 42.5. The molecule has 0 aliphatic carbocycles. The number of aliphatic hydroxyl groups excluding tert-OH is 2. The Bertz CT molecular complexity index is 3140. The molecule has 0 spiro atoms. The molecule has 3 aliphatic rings. The molecule has 29 nitrogen and oxygen atoms in total. The molecule has 3 unspecified atom stereocenters. The third-order valence-electron chi connectivity index (χ3n) is 15.7. The predicted molar refractivity (Wildman–Crippen MR) is 328 cm³/mol. The zero-order chi connectivity index (χ0) is 66.3. The minimum absolute atomic E-state index is 0.252. The van der Waals surface area contributed by atoms with Crippen LogP contribution in [-0.4, -0.2) is 183 Å². The summed E-state index contributed by atoms with van der Waals surface area (Å²) in [6.07, 6.45) is -3.20. The van der Waals surface area contributed by atoms with Gasteiger partial charge in [0.2, 0.25) is 65.0 Å².